The average molecular weight is 526 g/mol. The first-order valence-corrected chi connectivity index (χ1v) is 13.1. The van der Waals surface area contributed by atoms with E-state index in [1.807, 2.05) is 39.0 Å². The average Bonchev–Trinajstić information content (AvgIpc) is 2.81. The number of aryl methyl sites for hydroxylation is 1. The number of carbonyl (C=O) groups is 3. The Hall–Kier alpha value is -3.55. The van der Waals surface area contributed by atoms with E-state index < -0.39 is 29.7 Å². The molecule has 2 aromatic rings. The minimum Gasteiger partial charge on any atom is -0.508 e. The van der Waals surface area contributed by atoms with Gasteiger partial charge in [-0.1, -0.05) is 43.7 Å². The third-order valence-electron chi connectivity index (χ3n) is 6.40. The van der Waals surface area contributed by atoms with E-state index in [0.29, 0.717) is 0 Å². The number of hydrogen-bond donors (Lipinski definition) is 3. The van der Waals surface area contributed by atoms with Crippen molar-refractivity contribution >= 4 is 17.9 Å². The lowest BCUT2D eigenvalue weighted by Gasteiger charge is -2.33. The Balaban J connectivity index is 2.46. The molecule has 0 aliphatic rings. The topological polar surface area (TPSA) is 108 Å². The number of phenols is 1. The Morgan fingerprint density at radius 2 is 1.66 bits per heavy atom. The molecule has 3 atom stereocenters. The fraction of sp³-hybridized carbons (Fsp3) is 0.500. The van der Waals surface area contributed by atoms with Crippen LogP contribution in [0.25, 0.3) is 0 Å². The SMILES string of the molecule is CCCC(C)NC(=O)C(c1cccc(C)c1C)N(C)C(=O)C(Cc1ccc(O)cc1)NC(=O)OC(C)(C)C. The van der Waals surface area contributed by atoms with Crippen LogP contribution in [0.4, 0.5) is 4.79 Å². The zero-order valence-electron chi connectivity index (χ0n) is 23.9. The quantitative estimate of drug-likeness (QED) is 0.407. The van der Waals surface area contributed by atoms with E-state index >= 15 is 0 Å². The van der Waals surface area contributed by atoms with E-state index in [2.05, 4.69) is 17.6 Å². The molecule has 208 valence electrons. The lowest BCUT2D eigenvalue weighted by atomic mass is 9.94. The predicted molar refractivity (Wildman–Crippen MR) is 149 cm³/mol. The van der Waals surface area contributed by atoms with Gasteiger partial charge in [-0.05, 0) is 82.3 Å². The zero-order chi connectivity index (χ0) is 28.6. The summed E-state index contributed by atoms with van der Waals surface area (Å²) in [7, 11) is 1.58. The number of likely N-dealkylation sites (N-methyl/N-ethyl adjacent to an activating group) is 1. The molecule has 0 heterocycles. The summed E-state index contributed by atoms with van der Waals surface area (Å²) in [4.78, 5) is 41.7. The number of phenolic OH excluding ortho intramolecular Hbond substituents is 1. The highest BCUT2D eigenvalue weighted by atomic mass is 16.6. The van der Waals surface area contributed by atoms with Crippen LogP contribution in [0.2, 0.25) is 0 Å². The van der Waals surface area contributed by atoms with Crippen LogP contribution in [0.1, 0.15) is 75.8 Å². The lowest BCUT2D eigenvalue weighted by Crippen LogP contribution is -2.53. The summed E-state index contributed by atoms with van der Waals surface area (Å²) >= 11 is 0. The Kier molecular flexibility index (Phi) is 10.7. The van der Waals surface area contributed by atoms with Crippen molar-refractivity contribution in [2.75, 3.05) is 7.05 Å². The van der Waals surface area contributed by atoms with E-state index in [1.54, 1.807) is 40.0 Å². The van der Waals surface area contributed by atoms with Gasteiger partial charge in [0, 0.05) is 19.5 Å². The minimum absolute atomic E-state index is 0.0590. The van der Waals surface area contributed by atoms with Crippen LogP contribution in [0.5, 0.6) is 5.75 Å². The number of alkyl carbamates (subject to hydrolysis) is 1. The number of hydrogen-bond acceptors (Lipinski definition) is 5. The molecule has 0 saturated heterocycles. The molecule has 0 aliphatic heterocycles. The molecule has 38 heavy (non-hydrogen) atoms. The first-order valence-electron chi connectivity index (χ1n) is 13.1. The van der Waals surface area contributed by atoms with Crippen LogP contribution in [-0.2, 0) is 20.7 Å². The van der Waals surface area contributed by atoms with E-state index in [4.69, 9.17) is 4.74 Å². The smallest absolute Gasteiger partial charge is 0.408 e. The molecule has 0 spiro atoms. The number of carbonyl (C=O) groups excluding carboxylic acids is 3. The summed E-state index contributed by atoms with van der Waals surface area (Å²) in [5.41, 5.74) is 2.64. The summed E-state index contributed by atoms with van der Waals surface area (Å²) in [6.45, 7) is 13.1. The first kappa shape index (κ1) is 30.7. The van der Waals surface area contributed by atoms with Gasteiger partial charge in [-0.25, -0.2) is 4.79 Å². The Labute approximate surface area is 226 Å². The van der Waals surface area contributed by atoms with E-state index in [9.17, 15) is 19.5 Å². The van der Waals surface area contributed by atoms with Crippen LogP contribution in [-0.4, -0.2) is 52.6 Å². The molecule has 0 aliphatic carbocycles. The van der Waals surface area contributed by atoms with Gasteiger partial charge < -0.3 is 25.4 Å². The number of benzene rings is 2. The van der Waals surface area contributed by atoms with Crippen LogP contribution >= 0.6 is 0 Å². The van der Waals surface area contributed by atoms with Gasteiger partial charge in [0.2, 0.25) is 11.8 Å². The molecule has 0 saturated carbocycles. The highest BCUT2D eigenvalue weighted by Crippen LogP contribution is 2.27. The van der Waals surface area contributed by atoms with Gasteiger partial charge in [0.25, 0.3) is 0 Å². The monoisotopic (exact) mass is 525 g/mol. The van der Waals surface area contributed by atoms with Crippen LogP contribution in [0, 0.1) is 13.8 Å². The fourth-order valence-corrected chi connectivity index (χ4v) is 4.31. The largest absolute Gasteiger partial charge is 0.508 e. The van der Waals surface area contributed by atoms with Crippen molar-refractivity contribution in [3.8, 4) is 5.75 Å². The van der Waals surface area contributed by atoms with Gasteiger partial charge in [-0.2, -0.15) is 0 Å². The van der Waals surface area contributed by atoms with Gasteiger partial charge in [0.15, 0.2) is 0 Å². The molecular formula is C30H43N3O5. The standard InChI is InChI=1S/C30H43N3O5/c1-9-11-20(3)31-27(35)26(24-13-10-12-19(2)21(24)4)33(8)28(36)25(32-29(37)38-30(5,6)7)18-22-14-16-23(34)17-15-22/h10,12-17,20,25-26,34H,9,11,18H2,1-8H3,(H,31,35)(H,32,37). The molecular weight excluding hydrogens is 482 g/mol. The molecule has 8 nitrogen and oxygen atoms in total. The molecule has 2 rings (SSSR count). The number of nitrogens with one attached hydrogen (secondary N) is 2. The molecule has 0 fully saturated rings. The number of ether oxygens (including phenoxy) is 1. The molecule has 8 heteroatoms. The Morgan fingerprint density at radius 3 is 2.24 bits per heavy atom. The van der Waals surface area contributed by atoms with Crippen LogP contribution in [0.15, 0.2) is 42.5 Å². The van der Waals surface area contributed by atoms with Gasteiger partial charge in [0.05, 0.1) is 0 Å². The van der Waals surface area contributed by atoms with Crippen molar-refractivity contribution in [2.24, 2.45) is 0 Å². The van der Waals surface area contributed by atoms with Crippen molar-refractivity contribution in [2.45, 2.75) is 91.5 Å². The van der Waals surface area contributed by atoms with Gasteiger partial charge in [-0.15, -0.1) is 0 Å². The molecule has 3 amide bonds. The number of rotatable bonds is 10. The number of nitrogens with zero attached hydrogens (tertiary/aromatic N) is 1. The maximum absolute atomic E-state index is 14.0. The maximum Gasteiger partial charge on any atom is 0.408 e. The van der Waals surface area contributed by atoms with Crippen molar-refractivity contribution in [3.05, 3.63) is 64.7 Å². The second-order valence-electron chi connectivity index (χ2n) is 10.9. The third kappa shape index (κ3) is 8.78. The fourth-order valence-electron chi connectivity index (χ4n) is 4.31. The van der Waals surface area contributed by atoms with Crippen molar-refractivity contribution in [1.82, 2.24) is 15.5 Å². The highest BCUT2D eigenvalue weighted by molar-refractivity contribution is 5.92. The molecule has 3 unspecified atom stereocenters. The maximum atomic E-state index is 14.0. The van der Waals surface area contributed by atoms with Crippen LogP contribution < -0.4 is 10.6 Å². The van der Waals surface area contributed by atoms with Crippen LogP contribution in [0.3, 0.4) is 0 Å². The highest BCUT2D eigenvalue weighted by Gasteiger charge is 2.35. The van der Waals surface area contributed by atoms with Gasteiger partial charge in [0.1, 0.15) is 23.4 Å². The first-order chi connectivity index (χ1) is 17.7. The Morgan fingerprint density at radius 1 is 1.03 bits per heavy atom. The van der Waals surface area contributed by atoms with Crippen molar-refractivity contribution < 1.29 is 24.2 Å². The lowest BCUT2D eigenvalue weighted by molar-refractivity contribution is -0.141. The van der Waals surface area contributed by atoms with Gasteiger partial charge in [-0.3, -0.25) is 9.59 Å². The Bertz CT molecular complexity index is 1110. The van der Waals surface area contributed by atoms with E-state index in [-0.39, 0.29) is 24.1 Å². The summed E-state index contributed by atoms with van der Waals surface area (Å²) < 4.78 is 5.42. The minimum atomic E-state index is -1.01. The summed E-state index contributed by atoms with van der Waals surface area (Å²) in [6.07, 6.45) is 1.15. The second kappa shape index (κ2) is 13.3. The summed E-state index contributed by atoms with van der Waals surface area (Å²) in [6, 6.07) is 10.2. The predicted octanol–water partition coefficient (Wildman–Crippen LogP) is 4.95. The van der Waals surface area contributed by atoms with Crippen molar-refractivity contribution in [3.63, 3.8) is 0 Å². The molecule has 0 bridgehead atoms. The molecule has 3 N–H and O–H groups in total. The number of aromatic hydroxyl groups is 1. The molecule has 0 radical (unpaired) electrons. The summed E-state index contributed by atoms with van der Waals surface area (Å²) in [5.74, 6) is -0.619. The summed E-state index contributed by atoms with van der Waals surface area (Å²) in [5, 5.41) is 15.4. The number of amides is 3. The molecule has 2 aromatic carbocycles. The second-order valence-corrected chi connectivity index (χ2v) is 10.9. The normalized spacial score (nSPS) is 13.7. The van der Waals surface area contributed by atoms with E-state index in [0.717, 1.165) is 35.1 Å². The van der Waals surface area contributed by atoms with Crippen molar-refractivity contribution in [1.29, 1.82) is 0 Å². The van der Waals surface area contributed by atoms with E-state index in [1.165, 1.54) is 17.0 Å². The third-order valence-corrected chi connectivity index (χ3v) is 6.40. The zero-order valence-corrected chi connectivity index (χ0v) is 23.9. The van der Waals surface area contributed by atoms with Gasteiger partial charge >= 0.3 is 6.09 Å². The molecule has 0 aromatic heterocycles.